The Labute approximate surface area is 121 Å². The molecular formula is C14H17BrN2S. The maximum atomic E-state index is 4.51. The summed E-state index contributed by atoms with van der Waals surface area (Å²) in [6.07, 6.45) is 2.90. The SMILES string of the molecule is CCNC(C)c1cnc(Cc2cccc(Br)c2)s1. The third-order valence-electron chi connectivity index (χ3n) is 2.75. The van der Waals surface area contributed by atoms with Crippen molar-refractivity contribution in [1.29, 1.82) is 0 Å². The van der Waals surface area contributed by atoms with Crippen LogP contribution in [0.15, 0.2) is 34.9 Å². The molecule has 0 amide bonds. The standard InChI is InChI=1S/C14H17BrN2S/c1-3-16-10(2)13-9-17-14(18-13)8-11-5-4-6-12(15)7-11/h4-7,9-10,16H,3,8H2,1-2H3. The fraction of sp³-hybridized carbons (Fsp3) is 0.357. The fourth-order valence-corrected chi connectivity index (χ4v) is 3.26. The molecule has 0 fully saturated rings. The molecule has 18 heavy (non-hydrogen) atoms. The predicted octanol–water partition coefficient (Wildman–Crippen LogP) is 4.17. The van der Waals surface area contributed by atoms with E-state index in [1.54, 1.807) is 11.3 Å². The molecule has 1 unspecified atom stereocenters. The molecule has 0 bridgehead atoms. The van der Waals surface area contributed by atoms with Crippen molar-refractivity contribution in [3.8, 4) is 0 Å². The number of nitrogens with zero attached hydrogens (tertiary/aromatic N) is 1. The first-order valence-corrected chi connectivity index (χ1v) is 7.72. The van der Waals surface area contributed by atoms with Crippen molar-refractivity contribution in [3.05, 3.63) is 50.4 Å². The first-order valence-electron chi connectivity index (χ1n) is 6.11. The van der Waals surface area contributed by atoms with Gasteiger partial charge in [-0.3, -0.25) is 0 Å². The molecule has 0 spiro atoms. The van der Waals surface area contributed by atoms with Crippen molar-refractivity contribution in [2.24, 2.45) is 0 Å². The highest BCUT2D eigenvalue weighted by Gasteiger charge is 2.09. The first kappa shape index (κ1) is 13.7. The number of benzene rings is 1. The van der Waals surface area contributed by atoms with Gasteiger partial charge in [-0.15, -0.1) is 11.3 Å². The van der Waals surface area contributed by atoms with Crippen LogP contribution in [0.2, 0.25) is 0 Å². The zero-order valence-corrected chi connectivity index (χ0v) is 13.0. The predicted molar refractivity (Wildman–Crippen MR) is 81.2 cm³/mol. The molecule has 4 heteroatoms. The summed E-state index contributed by atoms with van der Waals surface area (Å²) in [5.41, 5.74) is 1.29. The van der Waals surface area contributed by atoms with Gasteiger partial charge < -0.3 is 5.32 Å². The number of halogens is 1. The van der Waals surface area contributed by atoms with Crippen LogP contribution in [-0.4, -0.2) is 11.5 Å². The van der Waals surface area contributed by atoms with E-state index < -0.39 is 0 Å². The van der Waals surface area contributed by atoms with Gasteiger partial charge in [0.2, 0.25) is 0 Å². The number of aromatic nitrogens is 1. The molecule has 2 aromatic rings. The Morgan fingerprint density at radius 3 is 3.00 bits per heavy atom. The van der Waals surface area contributed by atoms with Crippen LogP contribution in [0.5, 0.6) is 0 Å². The van der Waals surface area contributed by atoms with E-state index >= 15 is 0 Å². The van der Waals surface area contributed by atoms with Crippen LogP contribution in [0.25, 0.3) is 0 Å². The average molecular weight is 325 g/mol. The largest absolute Gasteiger partial charge is 0.310 e. The summed E-state index contributed by atoms with van der Waals surface area (Å²) in [6.45, 7) is 5.29. The molecule has 96 valence electrons. The molecule has 1 heterocycles. The molecule has 1 N–H and O–H groups in total. The summed E-state index contributed by atoms with van der Waals surface area (Å²) < 4.78 is 1.12. The second-order valence-corrected chi connectivity index (χ2v) is 6.30. The first-order chi connectivity index (χ1) is 8.69. The Balaban J connectivity index is 2.06. The van der Waals surface area contributed by atoms with Gasteiger partial charge in [0.1, 0.15) is 0 Å². The van der Waals surface area contributed by atoms with Crippen LogP contribution in [0.4, 0.5) is 0 Å². The number of rotatable bonds is 5. The van der Waals surface area contributed by atoms with E-state index in [9.17, 15) is 0 Å². The number of thiazole rings is 1. The minimum absolute atomic E-state index is 0.392. The molecular weight excluding hydrogens is 308 g/mol. The lowest BCUT2D eigenvalue weighted by atomic mass is 10.2. The highest BCUT2D eigenvalue weighted by atomic mass is 79.9. The van der Waals surface area contributed by atoms with E-state index in [1.807, 2.05) is 12.3 Å². The minimum atomic E-state index is 0.392. The zero-order chi connectivity index (χ0) is 13.0. The third-order valence-corrected chi connectivity index (χ3v) is 4.43. The van der Waals surface area contributed by atoms with Gasteiger partial charge in [0.15, 0.2) is 0 Å². The monoisotopic (exact) mass is 324 g/mol. The maximum Gasteiger partial charge on any atom is 0.0972 e. The summed E-state index contributed by atoms with van der Waals surface area (Å²) in [5, 5.41) is 4.58. The van der Waals surface area contributed by atoms with Crippen LogP contribution in [-0.2, 0) is 6.42 Å². The molecule has 1 aromatic carbocycles. The van der Waals surface area contributed by atoms with Crippen molar-refractivity contribution >= 4 is 27.3 Å². The summed E-state index contributed by atoms with van der Waals surface area (Å²) in [6, 6.07) is 8.79. The molecule has 0 radical (unpaired) electrons. The Hall–Kier alpha value is -0.710. The zero-order valence-electron chi connectivity index (χ0n) is 10.6. The molecule has 0 aliphatic carbocycles. The van der Waals surface area contributed by atoms with E-state index in [1.165, 1.54) is 15.4 Å². The van der Waals surface area contributed by atoms with Crippen molar-refractivity contribution in [3.63, 3.8) is 0 Å². The third kappa shape index (κ3) is 3.64. The summed E-state index contributed by atoms with van der Waals surface area (Å²) in [5.74, 6) is 0. The van der Waals surface area contributed by atoms with Gasteiger partial charge in [-0.2, -0.15) is 0 Å². The van der Waals surface area contributed by atoms with E-state index in [4.69, 9.17) is 0 Å². The van der Waals surface area contributed by atoms with E-state index in [2.05, 4.69) is 58.3 Å². The van der Waals surface area contributed by atoms with Gasteiger partial charge in [-0.05, 0) is 31.2 Å². The number of hydrogen-bond donors (Lipinski definition) is 1. The number of hydrogen-bond acceptors (Lipinski definition) is 3. The molecule has 0 saturated heterocycles. The quantitative estimate of drug-likeness (QED) is 0.892. The van der Waals surface area contributed by atoms with Gasteiger partial charge in [0, 0.05) is 28.0 Å². The van der Waals surface area contributed by atoms with Crippen molar-refractivity contribution in [1.82, 2.24) is 10.3 Å². The van der Waals surface area contributed by atoms with Crippen LogP contribution in [0.3, 0.4) is 0 Å². The topological polar surface area (TPSA) is 24.9 Å². The van der Waals surface area contributed by atoms with Crippen molar-refractivity contribution in [2.45, 2.75) is 26.3 Å². The average Bonchev–Trinajstić information content (AvgIpc) is 2.78. The van der Waals surface area contributed by atoms with Crippen molar-refractivity contribution in [2.75, 3.05) is 6.54 Å². The molecule has 2 rings (SSSR count). The maximum absolute atomic E-state index is 4.51. The van der Waals surface area contributed by atoms with Crippen LogP contribution >= 0.6 is 27.3 Å². The van der Waals surface area contributed by atoms with E-state index in [0.717, 1.165) is 17.4 Å². The lowest BCUT2D eigenvalue weighted by molar-refractivity contribution is 0.606. The molecule has 0 aliphatic heterocycles. The van der Waals surface area contributed by atoms with Gasteiger partial charge >= 0.3 is 0 Å². The lowest BCUT2D eigenvalue weighted by Crippen LogP contribution is -2.16. The van der Waals surface area contributed by atoms with Crippen LogP contribution < -0.4 is 5.32 Å². The highest BCUT2D eigenvalue weighted by molar-refractivity contribution is 9.10. The van der Waals surface area contributed by atoms with Crippen molar-refractivity contribution < 1.29 is 0 Å². The minimum Gasteiger partial charge on any atom is -0.310 e. The van der Waals surface area contributed by atoms with Gasteiger partial charge in [-0.25, -0.2) is 4.98 Å². The number of nitrogens with one attached hydrogen (secondary N) is 1. The second-order valence-electron chi connectivity index (χ2n) is 4.24. The molecule has 0 aliphatic rings. The Morgan fingerprint density at radius 1 is 1.44 bits per heavy atom. The Kier molecular flexibility index (Phi) is 4.92. The smallest absolute Gasteiger partial charge is 0.0972 e. The van der Waals surface area contributed by atoms with Gasteiger partial charge in [-0.1, -0.05) is 35.0 Å². The van der Waals surface area contributed by atoms with Crippen LogP contribution in [0.1, 0.15) is 35.3 Å². The normalized spacial score (nSPS) is 12.6. The summed E-state index contributed by atoms with van der Waals surface area (Å²) >= 11 is 5.29. The fourth-order valence-electron chi connectivity index (χ4n) is 1.83. The van der Waals surface area contributed by atoms with Crippen LogP contribution in [0, 0.1) is 0 Å². The molecule has 1 aromatic heterocycles. The van der Waals surface area contributed by atoms with E-state index in [0.29, 0.717) is 6.04 Å². The van der Waals surface area contributed by atoms with Gasteiger partial charge in [0.25, 0.3) is 0 Å². The lowest BCUT2D eigenvalue weighted by Gasteiger charge is -2.08. The second kappa shape index (κ2) is 6.45. The Morgan fingerprint density at radius 2 is 2.28 bits per heavy atom. The Bertz CT molecular complexity index is 510. The molecule has 1 atom stereocenters. The van der Waals surface area contributed by atoms with E-state index in [-0.39, 0.29) is 0 Å². The van der Waals surface area contributed by atoms with Gasteiger partial charge in [0.05, 0.1) is 5.01 Å². The summed E-state index contributed by atoms with van der Waals surface area (Å²) in [4.78, 5) is 5.81. The molecule has 2 nitrogen and oxygen atoms in total. The highest BCUT2D eigenvalue weighted by Crippen LogP contribution is 2.23. The molecule has 0 saturated carbocycles. The summed E-state index contributed by atoms with van der Waals surface area (Å²) in [7, 11) is 0.